The predicted molar refractivity (Wildman–Crippen MR) is 134 cm³/mol. The largest absolute Gasteiger partial charge is 0.382 e. The fourth-order valence-electron chi connectivity index (χ4n) is 4.46. The van der Waals surface area contributed by atoms with Gasteiger partial charge in [-0.05, 0) is 50.2 Å². The van der Waals surface area contributed by atoms with Crippen molar-refractivity contribution in [2.24, 2.45) is 0 Å². The average molecular weight is 478 g/mol. The van der Waals surface area contributed by atoms with E-state index in [1.807, 2.05) is 24.4 Å². The summed E-state index contributed by atoms with van der Waals surface area (Å²) in [6.45, 7) is 10.7. The highest BCUT2D eigenvalue weighted by molar-refractivity contribution is 5.83. The smallest absolute Gasteiger partial charge is 0.159 e. The number of fused-ring (bicyclic) bond motifs is 1. The molecule has 7 nitrogen and oxygen atoms in total. The van der Waals surface area contributed by atoms with Crippen LogP contribution in [-0.2, 0) is 0 Å². The number of nitrogens with one attached hydrogen (secondary N) is 2. The van der Waals surface area contributed by atoms with Crippen LogP contribution in [0.1, 0.15) is 13.8 Å². The topological polar surface area (TPSA) is 73.0 Å². The van der Waals surface area contributed by atoms with Crippen molar-refractivity contribution in [2.45, 2.75) is 19.9 Å². The molecule has 1 saturated heterocycles. The number of halogens is 2. The molecule has 1 fully saturated rings. The maximum absolute atomic E-state index is 13.8. The van der Waals surface area contributed by atoms with Gasteiger partial charge in [0, 0.05) is 50.9 Å². The van der Waals surface area contributed by atoms with E-state index in [1.54, 1.807) is 0 Å². The molecule has 0 spiro atoms. The van der Waals surface area contributed by atoms with Crippen LogP contribution in [0.25, 0.3) is 33.7 Å². The van der Waals surface area contributed by atoms with E-state index in [2.05, 4.69) is 43.9 Å². The second kappa shape index (κ2) is 10.1. The lowest BCUT2D eigenvalue weighted by molar-refractivity contribution is 0.111. The molecule has 0 unspecified atom stereocenters. The lowest BCUT2D eigenvalue weighted by Crippen LogP contribution is -2.49. The molecular weight excluding hydrogens is 448 g/mol. The van der Waals surface area contributed by atoms with Gasteiger partial charge in [-0.3, -0.25) is 14.8 Å². The number of rotatable bonds is 7. The van der Waals surface area contributed by atoms with E-state index in [1.165, 1.54) is 12.4 Å². The van der Waals surface area contributed by atoms with Gasteiger partial charge in [0.25, 0.3) is 0 Å². The van der Waals surface area contributed by atoms with Crippen molar-refractivity contribution in [3.63, 3.8) is 0 Å². The quantitative estimate of drug-likeness (QED) is 0.411. The molecule has 4 aromatic rings. The Balaban J connectivity index is 1.29. The highest BCUT2D eigenvalue weighted by Crippen LogP contribution is 2.30. The SMILES string of the molecule is CC(C)N1CCN(CCNc2cnc3ccc(-c4nc[nH]c4-c4ccc(F)c(F)c4)nc3c2)CC1. The van der Waals surface area contributed by atoms with Crippen molar-refractivity contribution in [3.8, 4) is 22.6 Å². The van der Waals surface area contributed by atoms with Crippen molar-refractivity contribution in [2.75, 3.05) is 44.6 Å². The molecule has 9 heteroatoms. The minimum absolute atomic E-state index is 0.501. The van der Waals surface area contributed by atoms with E-state index < -0.39 is 11.6 Å². The van der Waals surface area contributed by atoms with E-state index in [-0.39, 0.29) is 0 Å². The second-order valence-electron chi connectivity index (χ2n) is 9.11. The molecule has 3 aromatic heterocycles. The summed E-state index contributed by atoms with van der Waals surface area (Å²) in [6.07, 6.45) is 3.34. The summed E-state index contributed by atoms with van der Waals surface area (Å²) in [4.78, 5) is 21.7. The Morgan fingerprint density at radius 2 is 1.80 bits per heavy atom. The van der Waals surface area contributed by atoms with Crippen LogP contribution in [0.2, 0.25) is 0 Å². The van der Waals surface area contributed by atoms with Gasteiger partial charge in [0.05, 0.1) is 40.6 Å². The van der Waals surface area contributed by atoms with Gasteiger partial charge in [0.1, 0.15) is 5.69 Å². The van der Waals surface area contributed by atoms with Crippen molar-refractivity contribution in [3.05, 3.63) is 60.6 Å². The van der Waals surface area contributed by atoms with Crippen LogP contribution >= 0.6 is 0 Å². The minimum Gasteiger partial charge on any atom is -0.382 e. The van der Waals surface area contributed by atoms with Crippen LogP contribution in [0.5, 0.6) is 0 Å². The molecule has 0 radical (unpaired) electrons. The van der Waals surface area contributed by atoms with Crippen LogP contribution in [-0.4, -0.2) is 75.0 Å². The van der Waals surface area contributed by atoms with Gasteiger partial charge in [-0.15, -0.1) is 0 Å². The van der Waals surface area contributed by atoms with Crippen LogP contribution < -0.4 is 5.32 Å². The average Bonchev–Trinajstić information content (AvgIpc) is 3.36. The summed E-state index contributed by atoms with van der Waals surface area (Å²) in [7, 11) is 0. The molecule has 4 heterocycles. The Labute approximate surface area is 203 Å². The summed E-state index contributed by atoms with van der Waals surface area (Å²) in [6, 6.07) is 10.1. The third-order valence-electron chi connectivity index (χ3n) is 6.52. The number of aromatic nitrogens is 4. The summed E-state index contributed by atoms with van der Waals surface area (Å²) in [5.74, 6) is -1.79. The van der Waals surface area contributed by atoms with Gasteiger partial charge in [-0.1, -0.05) is 0 Å². The van der Waals surface area contributed by atoms with Crippen molar-refractivity contribution in [1.29, 1.82) is 0 Å². The number of benzene rings is 1. The van der Waals surface area contributed by atoms with Gasteiger partial charge >= 0.3 is 0 Å². The Hall–Kier alpha value is -3.43. The van der Waals surface area contributed by atoms with Crippen LogP contribution in [0.3, 0.4) is 0 Å². The molecule has 0 saturated carbocycles. The zero-order chi connectivity index (χ0) is 24.4. The fourth-order valence-corrected chi connectivity index (χ4v) is 4.46. The van der Waals surface area contributed by atoms with Gasteiger partial charge in [0.2, 0.25) is 0 Å². The van der Waals surface area contributed by atoms with Crippen LogP contribution in [0.15, 0.2) is 48.9 Å². The molecule has 0 aliphatic carbocycles. The number of pyridine rings is 2. The second-order valence-corrected chi connectivity index (χ2v) is 9.11. The molecular formula is C26H29F2N7. The standard InChI is InChI=1S/C26H29F2N7/c1-17(2)35-11-9-34(10-12-35)8-7-29-19-14-24-22(30-15-19)5-6-23(33-24)26-25(31-16-32-26)18-3-4-20(27)21(28)13-18/h3-6,13-17,29H,7-12H2,1-2H3,(H,31,32). The Morgan fingerprint density at radius 3 is 2.57 bits per heavy atom. The first-order valence-electron chi connectivity index (χ1n) is 11.9. The molecule has 1 aliphatic rings. The Bertz CT molecular complexity index is 1310. The van der Waals surface area contributed by atoms with Gasteiger partial charge < -0.3 is 10.3 Å². The van der Waals surface area contributed by atoms with Crippen molar-refractivity contribution in [1.82, 2.24) is 29.7 Å². The normalized spacial score (nSPS) is 15.2. The number of aromatic amines is 1. The molecule has 5 rings (SSSR count). The highest BCUT2D eigenvalue weighted by atomic mass is 19.2. The first kappa shape index (κ1) is 23.3. The summed E-state index contributed by atoms with van der Waals surface area (Å²) < 4.78 is 27.2. The maximum atomic E-state index is 13.8. The lowest BCUT2D eigenvalue weighted by Gasteiger charge is -2.36. The molecule has 182 valence electrons. The van der Waals surface area contributed by atoms with Crippen molar-refractivity contribution < 1.29 is 8.78 Å². The Morgan fingerprint density at radius 1 is 0.971 bits per heavy atom. The lowest BCUT2D eigenvalue weighted by atomic mass is 10.1. The third-order valence-corrected chi connectivity index (χ3v) is 6.52. The highest BCUT2D eigenvalue weighted by Gasteiger charge is 2.18. The van der Waals surface area contributed by atoms with Crippen LogP contribution in [0, 0.1) is 11.6 Å². The third kappa shape index (κ3) is 5.16. The van der Waals surface area contributed by atoms with E-state index in [4.69, 9.17) is 4.98 Å². The summed E-state index contributed by atoms with van der Waals surface area (Å²) in [5.41, 5.74) is 4.69. The molecule has 1 aliphatic heterocycles. The molecule has 1 aromatic carbocycles. The zero-order valence-corrected chi connectivity index (χ0v) is 19.9. The number of imidazole rings is 1. The fraction of sp³-hybridized carbons (Fsp3) is 0.346. The van der Waals surface area contributed by atoms with E-state index in [0.717, 1.165) is 68.1 Å². The number of anilines is 1. The molecule has 35 heavy (non-hydrogen) atoms. The van der Waals surface area contributed by atoms with Crippen LogP contribution in [0.4, 0.5) is 14.5 Å². The Kier molecular flexibility index (Phi) is 6.70. The predicted octanol–water partition coefficient (Wildman–Crippen LogP) is 4.40. The first-order chi connectivity index (χ1) is 17.0. The monoisotopic (exact) mass is 477 g/mol. The molecule has 0 bridgehead atoms. The molecule has 0 amide bonds. The minimum atomic E-state index is -0.906. The number of piperazine rings is 1. The maximum Gasteiger partial charge on any atom is 0.159 e. The van der Waals surface area contributed by atoms with E-state index in [9.17, 15) is 8.78 Å². The van der Waals surface area contributed by atoms with E-state index >= 15 is 0 Å². The number of nitrogens with zero attached hydrogens (tertiary/aromatic N) is 5. The molecule has 0 atom stereocenters. The van der Waals surface area contributed by atoms with Gasteiger partial charge in [0.15, 0.2) is 11.6 Å². The molecule has 2 N–H and O–H groups in total. The zero-order valence-electron chi connectivity index (χ0n) is 19.9. The summed E-state index contributed by atoms with van der Waals surface area (Å²) in [5, 5.41) is 3.46. The van der Waals surface area contributed by atoms with Crippen molar-refractivity contribution >= 4 is 16.7 Å². The number of hydrogen-bond donors (Lipinski definition) is 2. The number of H-pyrrole nitrogens is 1. The first-order valence-corrected chi connectivity index (χ1v) is 11.9. The van der Waals surface area contributed by atoms with Gasteiger partial charge in [-0.2, -0.15) is 0 Å². The number of hydrogen-bond acceptors (Lipinski definition) is 6. The van der Waals surface area contributed by atoms with E-state index in [0.29, 0.717) is 28.7 Å². The summed E-state index contributed by atoms with van der Waals surface area (Å²) >= 11 is 0. The van der Waals surface area contributed by atoms with Gasteiger partial charge in [-0.25, -0.2) is 18.7 Å².